The highest BCUT2D eigenvalue weighted by Crippen LogP contribution is 2.27. The summed E-state index contributed by atoms with van der Waals surface area (Å²) >= 11 is 0. The fraction of sp³-hybridized carbons (Fsp3) is 0.286. The van der Waals surface area contributed by atoms with E-state index in [2.05, 4.69) is 5.32 Å². The Labute approximate surface area is 218 Å². The van der Waals surface area contributed by atoms with Gasteiger partial charge in [-0.25, -0.2) is 12.8 Å². The average molecular weight is 526 g/mol. The molecule has 1 unspecified atom stereocenters. The van der Waals surface area contributed by atoms with Crippen LogP contribution in [0.4, 0.5) is 10.1 Å². The molecule has 3 aromatic carbocycles. The Kier molecular flexibility index (Phi) is 9.04. The summed E-state index contributed by atoms with van der Waals surface area (Å²) in [7, 11) is -4.31. The normalized spacial score (nSPS) is 12.0. The van der Waals surface area contributed by atoms with Crippen LogP contribution >= 0.6 is 0 Å². The number of carbonyl (C=O) groups excluding carboxylic acids is 2. The fourth-order valence-electron chi connectivity index (χ4n) is 3.88. The van der Waals surface area contributed by atoms with Gasteiger partial charge in [0, 0.05) is 13.1 Å². The molecule has 0 saturated carbocycles. The highest BCUT2D eigenvalue weighted by atomic mass is 32.2. The number of carbonyl (C=O) groups is 2. The van der Waals surface area contributed by atoms with E-state index in [0.29, 0.717) is 6.54 Å². The second-order valence-electron chi connectivity index (χ2n) is 8.79. The molecule has 0 aliphatic carbocycles. The molecule has 3 aromatic rings. The summed E-state index contributed by atoms with van der Waals surface area (Å²) in [6.45, 7) is 6.84. The van der Waals surface area contributed by atoms with Crippen molar-refractivity contribution in [1.29, 1.82) is 0 Å². The summed E-state index contributed by atoms with van der Waals surface area (Å²) < 4.78 is 43.0. The summed E-state index contributed by atoms with van der Waals surface area (Å²) in [6.07, 6.45) is 0. The van der Waals surface area contributed by atoms with Crippen molar-refractivity contribution in [2.75, 3.05) is 17.4 Å². The number of amides is 2. The number of hydrogen-bond donors (Lipinski definition) is 1. The Morgan fingerprint density at radius 1 is 0.946 bits per heavy atom. The van der Waals surface area contributed by atoms with Gasteiger partial charge in [0.05, 0.1) is 10.6 Å². The predicted molar refractivity (Wildman–Crippen MR) is 142 cm³/mol. The maximum atomic E-state index is 14.9. The predicted octanol–water partition coefficient (Wildman–Crippen LogP) is 4.19. The second-order valence-corrected chi connectivity index (χ2v) is 10.7. The molecule has 0 saturated heterocycles. The first-order valence-electron chi connectivity index (χ1n) is 12.0. The van der Waals surface area contributed by atoms with Gasteiger partial charge in [0.1, 0.15) is 18.4 Å². The topological polar surface area (TPSA) is 86.8 Å². The van der Waals surface area contributed by atoms with Crippen molar-refractivity contribution < 1.29 is 22.4 Å². The number of para-hydroxylation sites is 1. The van der Waals surface area contributed by atoms with Crippen molar-refractivity contribution >= 4 is 27.5 Å². The largest absolute Gasteiger partial charge is 0.355 e. The van der Waals surface area contributed by atoms with E-state index < -0.39 is 34.3 Å². The zero-order valence-corrected chi connectivity index (χ0v) is 22.3. The first-order chi connectivity index (χ1) is 17.6. The van der Waals surface area contributed by atoms with Gasteiger partial charge in [0.2, 0.25) is 11.8 Å². The third-order valence-corrected chi connectivity index (χ3v) is 7.90. The lowest BCUT2D eigenvalue weighted by atomic mass is 10.1. The molecule has 0 spiro atoms. The minimum Gasteiger partial charge on any atom is -0.355 e. The maximum absolute atomic E-state index is 14.9. The third kappa shape index (κ3) is 6.54. The van der Waals surface area contributed by atoms with E-state index in [9.17, 15) is 22.4 Å². The van der Waals surface area contributed by atoms with Crippen molar-refractivity contribution in [3.05, 3.63) is 95.3 Å². The van der Waals surface area contributed by atoms with Crippen LogP contribution in [0.3, 0.4) is 0 Å². The van der Waals surface area contributed by atoms with Crippen LogP contribution < -0.4 is 9.62 Å². The Hall–Kier alpha value is -3.72. The lowest BCUT2D eigenvalue weighted by Crippen LogP contribution is -2.51. The van der Waals surface area contributed by atoms with Crippen LogP contribution in [0.5, 0.6) is 0 Å². The molecule has 37 heavy (non-hydrogen) atoms. The number of halogens is 1. The molecule has 1 atom stereocenters. The smallest absolute Gasteiger partial charge is 0.264 e. The number of nitrogens with zero attached hydrogens (tertiary/aromatic N) is 2. The van der Waals surface area contributed by atoms with E-state index in [1.54, 1.807) is 26.0 Å². The molecular formula is C28H32FN3O4S. The Balaban J connectivity index is 2.05. The SMILES string of the molecule is CCNC(=O)C(C)N(Cc1ccccc1C)C(=O)CN(c1ccccc1F)S(=O)(=O)c1ccc(C)cc1. The van der Waals surface area contributed by atoms with Gasteiger partial charge < -0.3 is 10.2 Å². The number of sulfonamides is 1. The number of likely N-dealkylation sites (N-methyl/N-ethyl adjacent to an activating group) is 1. The molecule has 9 heteroatoms. The molecule has 0 bridgehead atoms. The number of anilines is 1. The molecule has 196 valence electrons. The fourth-order valence-corrected chi connectivity index (χ4v) is 5.30. The Morgan fingerprint density at radius 2 is 1.57 bits per heavy atom. The van der Waals surface area contributed by atoms with Crippen molar-refractivity contribution in [1.82, 2.24) is 10.2 Å². The minimum absolute atomic E-state index is 0.0728. The number of nitrogens with one attached hydrogen (secondary N) is 1. The number of aryl methyl sites for hydroxylation is 2. The van der Waals surface area contributed by atoms with Crippen molar-refractivity contribution in [2.45, 2.75) is 45.2 Å². The minimum atomic E-state index is -4.31. The highest BCUT2D eigenvalue weighted by molar-refractivity contribution is 7.92. The van der Waals surface area contributed by atoms with Crippen LogP contribution in [-0.4, -0.2) is 44.3 Å². The molecule has 0 aromatic heterocycles. The van der Waals surface area contributed by atoms with E-state index >= 15 is 0 Å². The quantitative estimate of drug-likeness (QED) is 0.430. The van der Waals surface area contributed by atoms with Crippen LogP contribution in [0.25, 0.3) is 0 Å². The van der Waals surface area contributed by atoms with E-state index in [1.807, 2.05) is 38.1 Å². The van der Waals surface area contributed by atoms with Gasteiger partial charge in [-0.2, -0.15) is 0 Å². The molecule has 0 aliphatic rings. The molecule has 3 rings (SSSR count). The van der Waals surface area contributed by atoms with E-state index in [1.165, 1.54) is 35.2 Å². The summed E-state index contributed by atoms with van der Waals surface area (Å²) in [6, 6.07) is 18.1. The first-order valence-corrected chi connectivity index (χ1v) is 13.5. The van der Waals surface area contributed by atoms with Gasteiger partial charge in [0.25, 0.3) is 10.0 Å². The number of hydrogen-bond acceptors (Lipinski definition) is 4. The standard InChI is InChI=1S/C28H32FN3O4S/c1-5-30-28(34)22(4)31(18-23-11-7-6-10-21(23)3)27(33)19-32(26-13-9-8-12-25(26)29)37(35,36)24-16-14-20(2)15-17-24/h6-17,22H,5,18-19H2,1-4H3,(H,30,34). The molecule has 0 radical (unpaired) electrons. The molecule has 2 amide bonds. The van der Waals surface area contributed by atoms with Crippen molar-refractivity contribution in [3.8, 4) is 0 Å². The van der Waals surface area contributed by atoms with Crippen LogP contribution in [0.15, 0.2) is 77.7 Å². The molecular weight excluding hydrogens is 493 g/mol. The van der Waals surface area contributed by atoms with Gasteiger partial charge in [-0.15, -0.1) is 0 Å². The summed E-state index contributed by atoms with van der Waals surface area (Å²) in [5.41, 5.74) is 2.33. The van der Waals surface area contributed by atoms with Gasteiger partial charge >= 0.3 is 0 Å². The van der Waals surface area contributed by atoms with Gasteiger partial charge in [0.15, 0.2) is 0 Å². The van der Waals surface area contributed by atoms with Crippen LogP contribution in [0.1, 0.15) is 30.5 Å². The number of benzene rings is 3. The van der Waals surface area contributed by atoms with Crippen LogP contribution in [0, 0.1) is 19.7 Å². The van der Waals surface area contributed by atoms with E-state index in [4.69, 9.17) is 0 Å². The zero-order valence-electron chi connectivity index (χ0n) is 21.4. The van der Waals surface area contributed by atoms with Crippen LogP contribution in [0.2, 0.25) is 0 Å². The average Bonchev–Trinajstić information content (AvgIpc) is 2.87. The van der Waals surface area contributed by atoms with Gasteiger partial charge in [-0.05, 0) is 63.1 Å². The van der Waals surface area contributed by atoms with Crippen molar-refractivity contribution in [3.63, 3.8) is 0 Å². The zero-order chi connectivity index (χ0) is 27.2. The third-order valence-electron chi connectivity index (χ3n) is 6.13. The summed E-state index contributed by atoms with van der Waals surface area (Å²) in [4.78, 5) is 27.7. The lowest BCUT2D eigenvalue weighted by molar-refractivity contribution is -0.139. The first kappa shape index (κ1) is 27.9. The van der Waals surface area contributed by atoms with Crippen LogP contribution in [-0.2, 0) is 26.2 Å². The van der Waals surface area contributed by atoms with Gasteiger partial charge in [-0.1, -0.05) is 54.1 Å². The molecule has 7 nitrogen and oxygen atoms in total. The summed E-state index contributed by atoms with van der Waals surface area (Å²) in [5, 5.41) is 2.71. The van der Waals surface area contributed by atoms with E-state index in [0.717, 1.165) is 27.1 Å². The Bertz CT molecular complexity index is 1360. The molecule has 0 aliphatic heterocycles. The van der Waals surface area contributed by atoms with Crippen molar-refractivity contribution in [2.24, 2.45) is 0 Å². The Morgan fingerprint density at radius 3 is 2.19 bits per heavy atom. The second kappa shape index (κ2) is 12.0. The number of rotatable bonds is 10. The molecule has 1 N–H and O–H groups in total. The highest BCUT2D eigenvalue weighted by Gasteiger charge is 2.33. The monoisotopic (exact) mass is 525 g/mol. The molecule has 0 heterocycles. The summed E-state index contributed by atoms with van der Waals surface area (Å²) in [5.74, 6) is -1.79. The maximum Gasteiger partial charge on any atom is 0.264 e. The van der Waals surface area contributed by atoms with E-state index in [-0.39, 0.29) is 23.0 Å². The molecule has 0 fully saturated rings. The van der Waals surface area contributed by atoms with Gasteiger partial charge in [-0.3, -0.25) is 13.9 Å². The lowest BCUT2D eigenvalue weighted by Gasteiger charge is -2.32.